The number of hydrogen-bond donors (Lipinski definition) is 1. The Morgan fingerprint density at radius 2 is 1.92 bits per heavy atom. The Balaban J connectivity index is 1.67. The molecule has 24 heavy (non-hydrogen) atoms. The van der Waals surface area contributed by atoms with E-state index in [0.29, 0.717) is 23.8 Å². The predicted molar refractivity (Wildman–Crippen MR) is 87.5 cm³/mol. The lowest BCUT2D eigenvalue weighted by Gasteiger charge is -2.15. The minimum absolute atomic E-state index is 0.0105. The van der Waals surface area contributed by atoms with Gasteiger partial charge in [0.25, 0.3) is 0 Å². The fraction of sp³-hybridized carbons (Fsp3) is 0.389. The molecule has 1 fully saturated rings. The van der Waals surface area contributed by atoms with Gasteiger partial charge in [-0.1, -0.05) is 0 Å². The second-order valence-corrected chi connectivity index (χ2v) is 5.69. The van der Waals surface area contributed by atoms with Crippen molar-refractivity contribution in [2.75, 3.05) is 21.3 Å². The Bertz CT molecular complexity index is 685. The first-order valence-corrected chi connectivity index (χ1v) is 7.78. The summed E-state index contributed by atoms with van der Waals surface area (Å²) in [5.74, 6) is 2.89. The van der Waals surface area contributed by atoms with Crippen LogP contribution in [-0.2, 0) is 11.3 Å². The molecule has 0 radical (unpaired) electrons. The molecule has 0 saturated heterocycles. The SMILES string of the molecule is COc1cc(OC)c(CNC(=O)C2CC2c2ccco2)c(OC)c1. The third-order valence-corrected chi connectivity index (χ3v) is 4.29. The van der Waals surface area contributed by atoms with Gasteiger partial charge >= 0.3 is 0 Å². The molecule has 128 valence electrons. The average molecular weight is 331 g/mol. The number of rotatable bonds is 7. The van der Waals surface area contributed by atoms with Crippen molar-refractivity contribution in [3.63, 3.8) is 0 Å². The van der Waals surface area contributed by atoms with Gasteiger partial charge in [-0.3, -0.25) is 4.79 Å². The number of nitrogens with one attached hydrogen (secondary N) is 1. The van der Waals surface area contributed by atoms with Gasteiger partial charge in [-0.15, -0.1) is 0 Å². The van der Waals surface area contributed by atoms with Crippen LogP contribution in [0.1, 0.15) is 23.7 Å². The zero-order valence-electron chi connectivity index (χ0n) is 14.0. The second-order valence-electron chi connectivity index (χ2n) is 5.69. The molecule has 1 aromatic heterocycles. The summed E-state index contributed by atoms with van der Waals surface area (Å²) in [6.45, 7) is 0.330. The van der Waals surface area contributed by atoms with Gasteiger partial charge in [0.1, 0.15) is 23.0 Å². The van der Waals surface area contributed by atoms with E-state index in [1.807, 2.05) is 12.1 Å². The Kier molecular flexibility index (Phi) is 4.64. The van der Waals surface area contributed by atoms with Crippen molar-refractivity contribution in [2.24, 2.45) is 5.92 Å². The van der Waals surface area contributed by atoms with E-state index in [1.54, 1.807) is 39.7 Å². The predicted octanol–water partition coefficient (Wildman–Crippen LogP) is 2.73. The quantitative estimate of drug-likeness (QED) is 0.845. The standard InChI is InChI=1S/C18H21NO5/c1-21-11-7-16(22-2)14(17(8-11)23-3)10-19-18(20)13-9-12(13)15-5-4-6-24-15/h4-8,12-13H,9-10H2,1-3H3,(H,19,20). The molecule has 1 amide bonds. The van der Waals surface area contributed by atoms with Crippen LogP contribution in [0.15, 0.2) is 34.9 Å². The van der Waals surface area contributed by atoms with Crippen LogP contribution in [0.3, 0.4) is 0 Å². The zero-order chi connectivity index (χ0) is 17.1. The Morgan fingerprint density at radius 3 is 2.46 bits per heavy atom. The number of amides is 1. The van der Waals surface area contributed by atoms with Gasteiger partial charge in [0.05, 0.1) is 39.7 Å². The molecule has 6 nitrogen and oxygen atoms in total. The number of methoxy groups -OCH3 is 3. The van der Waals surface area contributed by atoms with Crippen LogP contribution < -0.4 is 19.5 Å². The van der Waals surface area contributed by atoms with Crippen molar-refractivity contribution in [1.29, 1.82) is 0 Å². The summed E-state index contributed by atoms with van der Waals surface area (Å²) in [5.41, 5.74) is 0.782. The van der Waals surface area contributed by atoms with Crippen LogP contribution in [-0.4, -0.2) is 27.2 Å². The number of ether oxygens (including phenoxy) is 3. The molecule has 6 heteroatoms. The Hall–Kier alpha value is -2.63. The highest BCUT2D eigenvalue weighted by atomic mass is 16.5. The number of benzene rings is 1. The van der Waals surface area contributed by atoms with Crippen LogP contribution in [0.4, 0.5) is 0 Å². The first-order valence-electron chi connectivity index (χ1n) is 7.78. The molecular weight excluding hydrogens is 310 g/mol. The highest BCUT2D eigenvalue weighted by molar-refractivity contribution is 5.82. The van der Waals surface area contributed by atoms with E-state index in [4.69, 9.17) is 18.6 Å². The number of hydrogen-bond acceptors (Lipinski definition) is 5. The van der Waals surface area contributed by atoms with Crippen molar-refractivity contribution in [1.82, 2.24) is 5.32 Å². The van der Waals surface area contributed by atoms with Gasteiger partial charge in [-0.25, -0.2) is 0 Å². The van der Waals surface area contributed by atoms with Crippen LogP contribution in [0.25, 0.3) is 0 Å². The van der Waals surface area contributed by atoms with Crippen LogP contribution in [0, 0.1) is 5.92 Å². The fourth-order valence-corrected chi connectivity index (χ4v) is 2.86. The van der Waals surface area contributed by atoms with Gasteiger partial charge in [-0.2, -0.15) is 0 Å². The van der Waals surface area contributed by atoms with Crippen molar-refractivity contribution >= 4 is 5.91 Å². The number of furan rings is 1. The van der Waals surface area contributed by atoms with Crippen molar-refractivity contribution in [2.45, 2.75) is 18.9 Å². The van der Waals surface area contributed by atoms with E-state index in [-0.39, 0.29) is 17.7 Å². The summed E-state index contributed by atoms with van der Waals surface area (Å²) >= 11 is 0. The molecule has 1 aliphatic carbocycles. The number of carbonyl (C=O) groups is 1. The van der Waals surface area contributed by atoms with Crippen molar-refractivity contribution in [3.8, 4) is 17.2 Å². The first kappa shape index (κ1) is 16.2. The molecule has 0 aliphatic heterocycles. The van der Waals surface area contributed by atoms with E-state index in [2.05, 4.69) is 5.32 Å². The maximum atomic E-state index is 12.3. The van der Waals surface area contributed by atoms with Crippen molar-refractivity contribution < 1.29 is 23.4 Å². The summed E-state index contributed by atoms with van der Waals surface area (Å²) in [7, 11) is 4.73. The van der Waals surface area contributed by atoms with Crippen LogP contribution in [0.2, 0.25) is 0 Å². The second kappa shape index (κ2) is 6.86. The van der Waals surface area contributed by atoms with Gasteiger partial charge < -0.3 is 23.9 Å². The Morgan fingerprint density at radius 1 is 1.21 bits per heavy atom. The fourth-order valence-electron chi connectivity index (χ4n) is 2.86. The minimum Gasteiger partial charge on any atom is -0.496 e. The summed E-state index contributed by atoms with van der Waals surface area (Å²) in [6, 6.07) is 7.29. The van der Waals surface area contributed by atoms with E-state index >= 15 is 0 Å². The lowest BCUT2D eigenvalue weighted by atomic mass is 10.1. The zero-order valence-corrected chi connectivity index (χ0v) is 14.0. The minimum atomic E-state index is -0.0358. The molecule has 1 N–H and O–H groups in total. The summed E-state index contributed by atoms with van der Waals surface area (Å²) in [6.07, 6.45) is 2.45. The highest BCUT2D eigenvalue weighted by Gasteiger charge is 2.45. The van der Waals surface area contributed by atoms with Gasteiger partial charge in [0, 0.05) is 24.0 Å². The summed E-state index contributed by atoms with van der Waals surface area (Å²) in [5, 5.41) is 2.96. The molecule has 2 aromatic rings. The van der Waals surface area contributed by atoms with E-state index in [9.17, 15) is 4.79 Å². The molecule has 1 heterocycles. The summed E-state index contributed by atoms with van der Waals surface area (Å²) in [4.78, 5) is 12.3. The Labute approximate surface area is 140 Å². The van der Waals surface area contributed by atoms with Gasteiger partial charge in [0.15, 0.2) is 0 Å². The third kappa shape index (κ3) is 3.18. The maximum absolute atomic E-state index is 12.3. The largest absolute Gasteiger partial charge is 0.496 e. The molecule has 2 atom stereocenters. The lowest BCUT2D eigenvalue weighted by molar-refractivity contribution is -0.122. The number of carbonyl (C=O) groups excluding carboxylic acids is 1. The topological polar surface area (TPSA) is 69.9 Å². The lowest BCUT2D eigenvalue weighted by Crippen LogP contribution is -2.25. The molecule has 0 spiro atoms. The normalized spacial score (nSPS) is 18.8. The van der Waals surface area contributed by atoms with Crippen LogP contribution >= 0.6 is 0 Å². The van der Waals surface area contributed by atoms with E-state index < -0.39 is 0 Å². The van der Waals surface area contributed by atoms with Crippen molar-refractivity contribution in [3.05, 3.63) is 41.9 Å². The van der Waals surface area contributed by atoms with Gasteiger partial charge in [0.2, 0.25) is 5.91 Å². The third-order valence-electron chi connectivity index (χ3n) is 4.29. The molecule has 3 rings (SSSR count). The average Bonchev–Trinajstić information content (AvgIpc) is 3.23. The summed E-state index contributed by atoms with van der Waals surface area (Å²) < 4.78 is 21.4. The highest BCUT2D eigenvalue weighted by Crippen LogP contribution is 2.47. The maximum Gasteiger partial charge on any atom is 0.224 e. The molecular formula is C18H21NO5. The molecule has 0 bridgehead atoms. The first-order chi connectivity index (χ1) is 11.7. The van der Waals surface area contributed by atoms with Gasteiger partial charge in [-0.05, 0) is 18.6 Å². The van der Waals surface area contributed by atoms with Crippen LogP contribution in [0.5, 0.6) is 17.2 Å². The van der Waals surface area contributed by atoms with E-state index in [0.717, 1.165) is 17.7 Å². The molecule has 2 unspecified atom stereocenters. The molecule has 1 saturated carbocycles. The molecule has 1 aromatic carbocycles. The van der Waals surface area contributed by atoms with E-state index in [1.165, 1.54) is 0 Å². The monoisotopic (exact) mass is 331 g/mol. The molecule has 1 aliphatic rings. The smallest absolute Gasteiger partial charge is 0.224 e.